The summed E-state index contributed by atoms with van der Waals surface area (Å²) in [7, 11) is 0. The van der Waals surface area contributed by atoms with Crippen LogP contribution in [-0.4, -0.2) is 17.6 Å². The average Bonchev–Trinajstić information content (AvgIpc) is 2.18. The molecule has 0 amide bonds. The fraction of sp³-hybridized carbons (Fsp3) is 0.400. The molecule has 0 aliphatic carbocycles. The Morgan fingerprint density at radius 1 is 1.67 bits per heavy atom. The second kappa shape index (κ2) is 5.82. The zero-order chi connectivity index (χ0) is 11.3. The van der Waals surface area contributed by atoms with Crippen molar-refractivity contribution >= 4 is 21.9 Å². The minimum absolute atomic E-state index is 0.155. The highest BCUT2D eigenvalue weighted by atomic mass is 79.9. The number of aromatic nitrogens is 1. The quantitative estimate of drug-likeness (QED) is 0.849. The Kier molecular flexibility index (Phi) is 4.71. The van der Waals surface area contributed by atoms with Gasteiger partial charge in [-0.15, -0.1) is 0 Å². The van der Waals surface area contributed by atoms with Gasteiger partial charge in [-0.3, -0.25) is 9.78 Å². The molecule has 1 rings (SSSR count). The molecule has 4 nitrogen and oxygen atoms in total. The highest BCUT2D eigenvalue weighted by molar-refractivity contribution is 9.10. The summed E-state index contributed by atoms with van der Waals surface area (Å²) in [5.41, 5.74) is 6.48. The number of esters is 1. The maximum atomic E-state index is 11.2. The largest absolute Gasteiger partial charge is 0.466 e. The number of ether oxygens (including phenoxy) is 1. The lowest BCUT2D eigenvalue weighted by Gasteiger charge is -2.09. The molecule has 2 N–H and O–H groups in total. The predicted octanol–water partition coefficient (Wildman–Crippen LogP) is 1.80. The summed E-state index contributed by atoms with van der Waals surface area (Å²) in [6.45, 7) is 2.14. The molecule has 0 spiro atoms. The van der Waals surface area contributed by atoms with Gasteiger partial charge in [0.2, 0.25) is 0 Å². The fourth-order valence-electron chi connectivity index (χ4n) is 1.11. The van der Waals surface area contributed by atoms with Crippen molar-refractivity contribution in [2.45, 2.75) is 19.4 Å². The number of pyridine rings is 1. The maximum absolute atomic E-state index is 11.2. The smallest absolute Gasteiger partial charge is 0.307 e. The van der Waals surface area contributed by atoms with Crippen LogP contribution in [-0.2, 0) is 9.53 Å². The molecule has 1 aromatic heterocycles. The third-order valence-corrected chi connectivity index (χ3v) is 2.29. The van der Waals surface area contributed by atoms with Crippen LogP contribution in [0.3, 0.4) is 0 Å². The summed E-state index contributed by atoms with van der Waals surface area (Å²) in [5.74, 6) is -0.297. The highest BCUT2D eigenvalue weighted by Crippen LogP contribution is 2.14. The first-order valence-electron chi connectivity index (χ1n) is 4.66. The monoisotopic (exact) mass is 272 g/mol. The third-order valence-electron chi connectivity index (χ3n) is 1.82. The number of nitrogens with zero attached hydrogens (tertiary/aromatic N) is 1. The summed E-state index contributed by atoms with van der Waals surface area (Å²) < 4.78 is 5.69. The van der Waals surface area contributed by atoms with Crippen LogP contribution in [0.5, 0.6) is 0 Å². The van der Waals surface area contributed by atoms with Crippen LogP contribution in [0.25, 0.3) is 0 Å². The zero-order valence-electron chi connectivity index (χ0n) is 8.44. The second-order valence-corrected chi connectivity index (χ2v) is 3.93. The molecule has 1 heterocycles. The molecule has 1 atom stereocenters. The van der Waals surface area contributed by atoms with E-state index in [1.165, 1.54) is 0 Å². The van der Waals surface area contributed by atoms with Gasteiger partial charge in [-0.05, 0) is 35.0 Å². The van der Waals surface area contributed by atoms with E-state index in [-0.39, 0.29) is 12.4 Å². The Labute approximate surface area is 97.0 Å². The molecular formula is C10H13BrN2O2. The first-order valence-corrected chi connectivity index (χ1v) is 5.45. The molecule has 0 bridgehead atoms. The lowest BCUT2D eigenvalue weighted by Crippen LogP contribution is -2.18. The van der Waals surface area contributed by atoms with E-state index in [0.717, 1.165) is 4.47 Å². The van der Waals surface area contributed by atoms with Crippen LogP contribution in [0.4, 0.5) is 0 Å². The summed E-state index contributed by atoms with van der Waals surface area (Å²) >= 11 is 3.28. The first-order chi connectivity index (χ1) is 7.13. The standard InChI is InChI=1S/C10H13BrN2O2/c1-2-15-10(14)5-8(12)9-4-3-7(11)6-13-9/h3-4,6,8H,2,5,12H2,1H3/t8-/m1/s1. The summed E-state index contributed by atoms with van der Waals surface area (Å²) in [4.78, 5) is 15.3. The molecule has 0 saturated heterocycles. The number of hydrogen-bond acceptors (Lipinski definition) is 4. The van der Waals surface area contributed by atoms with Crippen molar-refractivity contribution in [2.75, 3.05) is 6.61 Å². The molecule has 15 heavy (non-hydrogen) atoms. The zero-order valence-corrected chi connectivity index (χ0v) is 10.0. The molecule has 1 aromatic rings. The van der Waals surface area contributed by atoms with Crippen molar-refractivity contribution in [3.05, 3.63) is 28.5 Å². The molecule has 5 heteroatoms. The van der Waals surface area contributed by atoms with Gasteiger partial charge in [0.05, 0.1) is 24.8 Å². The Morgan fingerprint density at radius 3 is 2.93 bits per heavy atom. The van der Waals surface area contributed by atoms with E-state index in [1.54, 1.807) is 19.2 Å². The SMILES string of the molecule is CCOC(=O)C[C@@H](N)c1ccc(Br)cn1. The third kappa shape index (κ3) is 3.97. The molecule has 0 aliphatic heterocycles. The lowest BCUT2D eigenvalue weighted by molar-refractivity contribution is -0.143. The molecule has 82 valence electrons. The Balaban J connectivity index is 2.57. The summed E-state index contributed by atoms with van der Waals surface area (Å²) in [5, 5.41) is 0. The number of nitrogens with two attached hydrogens (primary N) is 1. The first kappa shape index (κ1) is 12.1. The number of carbonyl (C=O) groups is 1. The van der Waals surface area contributed by atoms with Gasteiger partial charge in [-0.1, -0.05) is 0 Å². The van der Waals surface area contributed by atoms with Gasteiger partial charge < -0.3 is 10.5 Å². The normalized spacial score (nSPS) is 12.2. The Morgan fingerprint density at radius 2 is 2.40 bits per heavy atom. The van der Waals surface area contributed by atoms with Crippen molar-refractivity contribution in [1.29, 1.82) is 0 Å². The average molecular weight is 273 g/mol. The molecule has 0 radical (unpaired) electrons. The van der Waals surface area contributed by atoms with E-state index in [1.807, 2.05) is 6.07 Å². The molecular weight excluding hydrogens is 260 g/mol. The molecule has 0 aromatic carbocycles. The van der Waals surface area contributed by atoms with Gasteiger partial charge in [0.15, 0.2) is 0 Å². The molecule has 0 unspecified atom stereocenters. The van der Waals surface area contributed by atoms with Gasteiger partial charge in [0.25, 0.3) is 0 Å². The van der Waals surface area contributed by atoms with Gasteiger partial charge in [0, 0.05) is 10.7 Å². The maximum Gasteiger partial charge on any atom is 0.307 e. The van der Waals surface area contributed by atoms with E-state index in [2.05, 4.69) is 20.9 Å². The van der Waals surface area contributed by atoms with Gasteiger partial charge in [0.1, 0.15) is 0 Å². The van der Waals surface area contributed by atoms with Crippen LogP contribution in [0.2, 0.25) is 0 Å². The van der Waals surface area contributed by atoms with E-state index in [9.17, 15) is 4.79 Å². The van der Waals surface area contributed by atoms with Crippen LogP contribution in [0, 0.1) is 0 Å². The van der Waals surface area contributed by atoms with E-state index in [4.69, 9.17) is 10.5 Å². The van der Waals surface area contributed by atoms with Gasteiger partial charge in [-0.25, -0.2) is 0 Å². The Hall–Kier alpha value is -0.940. The number of rotatable bonds is 4. The van der Waals surface area contributed by atoms with Gasteiger partial charge >= 0.3 is 5.97 Å². The van der Waals surface area contributed by atoms with Crippen molar-refractivity contribution in [3.8, 4) is 0 Å². The van der Waals surface area contributed by atoms with Crippen molar-refractivity contribution < 1.29 is 9.53 Å². The minimum Gasteiger partial charge on any atom is -0.466 e. The van der Waals surface area contributed by atoms with E-state index >= 15 is 0 Å². The lowest BCUT2D eigenvalue weighted by atomic mass is 10.1. The van der Waals surface area contributed by atoms with Gasteiger partial charge in [-0.2, -0.15) is 0 Å². The van der Waals surface area contributed by atoms with Crippen LogP contribution in [0.1, 0.15) is 25.1 Å². The number of hydrogen-bond donors (Lipinski definition) is 1. The fourth-order valence-corrected chi connectivity index (χ4v) is 1.35. The van der Waals surface area contributed by atoms with E-state index < -0.39 is 6.04 Å². The van der Waals surface area contributed by atoms with Crippen LogP contribution >= 0.6 is 15.9 Å². The van der Waals surface area contributed by atoms with Crippen molar-refractivity contribution in [2.24, 2.45) is 5.73 Å². The highest BCUT2D eigenvalue weighted by Gasteiger charge is 2.13. The number of carbonyl (C=O) groups excluding carboxylic acids is 1. The summed E-state index contributed by atoms with van der Waals surface area (Å²) in [6, 6.07) is 3.22. The molecule has 0 aliphatic rings. The van der Waals surface area contributed by atoms with Crippen LogP contribution in [0.15, 0.2) is 22.8 Å². The van der Waals surface area contributed by atoms with Crippen molar-refractivity contribution in [3.63, 3.8) is 0 Å². The minimum atomic E-state index is -0.405. The number of halogens is 1. The van der Waals surface area contributed by atoms with Crippen molar-refractivity contribution in [1.82, 2.24) is 4.98 Å². The predicted molar refractivity (Wildman–Crippen MR) is 60.1 cm³/mol. The van der Waals surface area contributed by atoms with Crippen LogP contribution < -0.4 is 5.73 Å². The topological polar surface area (TPSA) is 65.2 Å². The Bertz CT molecular complexity index is 327. The molecule has 0 fully saturated rings. The van der Waals surface area contributed by atoms with E-state index in [0.29, 0.717) is 12.3 Å². The molecule has 0 saturated carbocycles. The second-order valence-electron chi connectivity index (χ2n) is 3.02. The summed E-state index contributed by atoms with van der Waals surface area (Å²) in [6.07, 6.45) is 1.81.